The van der Waals surface area contributed by atoms with Gasteiger partial charge in [-0.1, -0.05) is 48.5 Å². The number of hydrogen-bond donors (Lipinski definition) is 2. The standard InChI is InChI=1S/C25H30N4O3/c1-26-22-14-27-25(21-11-7-6-10-20(21)22)32-17-24(31)28(2)23(18-8-4-3-5-9-18)16-29-13-12-19(30)15-29/h3-11,14,19,23,26,30H,12-13,15-17H2,1-2H3/t19-,23+/m0/s1. The number of rotatable bonds is 8. The molecule has 0 spiro atoms. The molecule has 7 nitrogen and oxygen atoms in total. The van der Waals surface area contributed by atoms with Gasteiger partial charge in [0.25, 0.3) is 5.91 Å². The van der Waals surface area contributed by atoms with Crippen LogP contribution in [0.5, 0.6) is 5.88 Å². The molecule has 1 saturated heterocycles. The topological polar surface area (TPSA) is 77.9 Å². The van der Waals surface area contributed by atoms with E-state index in [1.54, 1.807) is 11.1 Å². The van der Waals surface area contributed by atoms with Crippen molar-refractivity contribution in [3.05, 3.63) is 66.4 Å². The first-order valence-electron chi connectivity index (χ1n) is 11.0. The zero-order chi connectivity index (χ0) is 22.5. The fourth-order valence-electron chi connectivity index (χ4n) is 4.24. The number of likely N-dealkylation sites (N-methyl/N-ethyl adjacent to an activating group) is 1. The summed E-state index contributed by atoms with van der Waals surface area (Å²) in [6.45, 7) is 2.03. The second-order valence-corrected chi connectivity index (χ2v) is 8.19. The summed E-state index contributed by atoms with van der Waals surface area (Å²) in [4.78, 5) is 21.5. The number of aliphatic hydroxyl groups excluding tert-OH is 1. The van der Waals surface area contributed by atoms with Gasteiger partial charge in [-0.2, -0.15) is 0 Å². The number of nitrogens with zero attached hydrogens (tertiary/aromatic N) is 3. The molecule has 2 heterocycles. The summed E-state index contributed by atoms with van der Waals surface area (Å²) in [6, 6.07) is 17.7. The third kappa shape index (κ3) is 4.84. The molecule has 2 N–H and O–H groups in total. The van der Waals surface area contributed by atoms with Crippen molar-refractivity contribution in [2.75, 3.05) is 45.7 Å². The van der Waals surface area contributed by atoms with Gasteiger partial charge < -0.3 is 20.1 Å². The maximum absolute atomic E-state index is 13.1. The summed E-state index contributed by atoms with van der Waals surface area (Å²) in [6.07, 6.45) is 2.19. The van der Waals surface area contributed by atoms with Crippen LogP contribution >= 0.6 is 0 Å². The van der Waals surface area contributed by atoms with Gasteiger partial charge in [-0.3, -0.25) is 9.69 Å². The highest BCUT2D eigenvalue weighted by molar-refractivity contribution is 5.96. The van der Waals surface area contributed by atoms with Gasteiger partial charge in [-0.15, -0.1) is 0 Å². The molecule has 0 aliphatic carbocycles. The van der Waals surface area contributed by atoms with E-state index in [9.17, 15) is 9.90 Å². The monoisotopic (exact) mass is 434 g/mol. The van der Waals surface area contributed by atoms with Gasteiger partial charge in [0.05, 0.1) is 24.0 Å². The third-order valence-corrected chi connectivity index (χ3v) is 6.08. The minimum Gasteiger partial charge on any atom is -0.467 e. The molecule has 2 atom stereocenters. The largest absolute Gasteiger partial charge is 0.467 e. The Bertz CT molecular complexity index is 1060. The normalized spacial score (nSPS) is 17.3. The van der Waals surface area contributed by atoms with Crippen LogP contribution in [-0.4, -0.2) is 72.2 Å². The lowest BCUT2D eigenvalue weighted by Crippen LogP contribution is -2.41. The Hall–Kier alpha value is -3.16. The highest BCUT2D eigenvalue weighted by Crippen LogP contribution is 2.29. The van der Waals surface area contributed by atoms with Gasteiger partial charge in [0.2, 0.25) is 5.88 Å². The van der Waals surface area contributed by atoms with Crippen molar-refractivity contribution >= 4 is 22.4 Å². The van der Waals surface area contributed by atoms with Crippen LogP contribution in [0.25, 0.3) is 10.8 Å². The number of β-amino-alcohol motifs (C(OH)–C–C–N with tert-alkyl or cyclic N) is 1. The van der Waals surface area contributed by atoms with E-state index >= 15 is 0 Å². The second kappa shape index (κ2) is 9.97. The van der Waals surface area contributed by atoms with Crippen LogP contribution in [0.4, 0.5) is 5.69 Å². The van der Waals surface area contributed by atoms with Gasteiger partial charge in [0, 0.05) is 44.5 Å². The Morgan fingerprint density at radius 1 is 1.22 bits per heavy atom. The molecule has 0 unspecified atom stereocenters. The lowest BCUT2D eigenvalue weighted by molar-refractivity contribution is -0.134. The molecule has 1 aliphatic heterocycles. The zero-order valence-electron chi connectivity index (χ0n) is 18.6. The van der Waals surface area contributed by atoms with E-state index in [1.165, 1.54) is 0 Å². The maximum atomic E-state index is 13.1. The number of anilines is 1. The Morgan fingerprint density at radius 2 is 1.94 bits per heavy atom. The van der Waals surface area contributed by atoms with E-state index in [4.69, 9.17) is 4.74 Å². The Labute approximate surface area is 188 Å². The van der Waals surface area contributed by atoms with Crippen LogP contribution < -0.4 is 10.1 Å². The number of ether oxygens (including phenoxy) is 1. The zero-order valence-corrected chi connectivity index (χ0v) is 18.6. The maximum Gasteiger partial charge on any atom is 0.260 e. The Morgan fingerprint density at radius 3 is 2.62 bits per heavy atom. The minimum absolute atomic E-state index is 0.0989. The quantitative estimate of drug-likeness (QED) is 0.568. The molecule has 0 bridgehead atoms. The molecule has 0 saturated carbocycles. The van der Waals surface area contributed by atoms with Gasteiger partial charge in [-0.25, -0.2) is 4.98 Å². The number of aromatic nitrogens is 1. The summed E-state index contributed by atoms with van der Waals surface area (Å²) in [5.74, 6) is 0.322. The first-order chi connectivity index (χ1) is 15.6. The Balaban J connectivity index is 1.49. The summed E-state index contributed by atoms with van der Waals surface area (Å²) < 4.78 is 5.89. The molecule has 4 rings (SSSR count). The molecule has 168 valence electrons. The van der Waals surface area contributed by atoms with Crippen molar-refractivity contribution in [1.29, 1.82) is 0 Å². The molecule has 1 aromatic heterocycles. The highest BCUT2D eigenvalue weighted by atomic mass is 16.5. The van der Waals surface area contributed by atoms with Crippen LogP contribution in [0.3, 0.4) is 0 Å². The van der Waals surface area contributed by atoms with Crippen molar-refractivity contribution < 1.29 is 14.6 Å². The second-order valence-electron chi connectivity index (χ2n) is 8.19. The third-order valence-electron chi connectivity index (χ3n) is 6.08. The van der Waals surface area contributed by atoms with Crippen LogP contribution in [0, 0.1) is 0 Å². The van der Waals surface area contributed by atoms with Crippen molar-refractivity contribution in [1.82, 2.24) is 14.8 Å². The number of carbonyl (C=O) groups excluding carboxylic acids is 1. The fourth-order valence-corrected chi connectivity index (χ4v) is 4.24. The summed E-state index contributed by atoms with van der Waals surface area (Å²) in [5.41, 5.74) is 1.97. The highest BCUT2D eigenvalue weighted by Gasteiger charge is 2.28. The number of aliphatic hydroxyl groups is 1. The van der Waals surface area contributed by atoms with Crippen LogP contribution in [0.15, 0.2) is 60.8 Å². The molecule has 32 heavy (non-hydrogen) atoms. The first kappa shape index (κ1) is 22.0. The van der Waals surface area contributed by atoms with Gasteiger partial charge >= 0.3 is 0 Å². The SMILES string of the molecule is CNc1cnc(OCC(=O)N(C)[C@H](CN2CC[C@H](O)C2)c2ccccc2)c2ccccc12. The van der Waals surface area contributed by atoms with E-state index in [-0.39, 0.29) is 24.7 Å². The summed E-state index contributed by atoms with van der Waals surface area (Å²) >= 11 is 0. The average Bonchev–Trinajstić information content (AvgIpc) is 3.25. The number of nitrogens with one attached hydrogen (secondary N) is 1. The van der Waals surface area contributed by atoms with Crippen LogP contribution in [0.2, 0.25) is 0 Å². The van der Waals surface area contributed by atoms with Crippen molar-refractivity contribution in [2.45, 2.75) is 18.6 Å². The predicted molar refractivity (Wildman–Crippen MR) is 126 cm³/mol. The molecule has 1 amide bonds. The molecule has 7 heteroatoms. The number of pyridine rings is 1. The van der Waals surface area contributed by atoms with Crippen LogP contribution in [0.1, 0.15) is 18.0 Å². The number of likely N-dealkylation sites (tertiary alicyclic amines) is 1. The van der Waals surface area contributed by atoms with E-state index in [0.717, 1.165) is 35.0 Å². The molecule has 1 fully saturated rings. The molecular weight excluding hydrogens is 404 g/mol. The molecule has 3 aromatic rings. The summed E-state index contributed by atoms with van der Waals surface area (Å²) in [7, 11) is 3.66. The molecular formula is C25H30N4O3. The number of hydrogen-bond acceptors (Lipinski definition) is 6. The molecule has 0 radical (unpaired) electrons. The van der Waals surface area contributed by atoms with Gasteiger partial charge in [0.1, 0.15) is 0 Å². The van der Waals surface area contributed by atoms with Crippen molar-refractivity contribution in [3.8, 4) is 5.88 Å². The van der Waals surface area contributed by atoms with Crippen molar-refractivity contribution in [3.63, 3.8) is 0 Å². The predicted octanol–water partition coefficient (Wildman–Crippen LogP) is 2.92. The first-order valence-corrected chi connectivity index (χ1v) is 11.0. The van der Waals surface area contributed by atoms with Gasteiger partial charge in [0.15, 0.2) is 6.61 Å². The number of benzene rings is 2. The summed E-state index contributed by atoms with van der Waals surface area (Å²) in [5, 5.41) is 14.9. The van der Waals surface area contributed by atoms with E-state index < -0.39 is 0 Å². The number of amides is 1. The smallest absolute Gasteiger partial charge is 0.260 e. The van der Waals surface area contributed by atoms with Crippen molar-refractivity contribution in [2.24, 2.45) is 0 Å². The fraction of sp³-hybridized carbons (Fsp3) is 0.360. The van der Waals surface area contributed by atoms with E-state index in [1.807, 2.05) is 68.7 Å². The van der Waals surface area contributed by atoms with E-state index in [2.05, 4.69) is 15.2 Å². The average molecular weight is 435 g/mol. The number of carbonyl (C=O) groups is 1. The molecule has 2 aromatic carbocycles. The van der Waals surface area contributed by atoms with Gasteiger partial charge in [-0.05, 0) is 18.1 Å². The van der Waals surface area contributed by atoms with E-state index in [0.29, 0.717) is 19.0 Å². The number of fused-ring (bicyclic) bond motifs is 1. The lowest BCUT2D eigenvalue weighted by atomic mass is 10.0. The molecule has 1 aliphatic rings. The lowest BCUT2D eigenvalue weighted by Gasteiger charge is -2.32. The Kier molecular flexibility index (Phi) is 6.87. The van der Waals surface area contributed by atoms with Crippen LogP contribution in [-0.2, 0) is 4.79 Å². The minimum atomic E-state index is -0.296.